The molecule has 0 saturated carbocycles. The van der Waals surface area contributed by atoms with Crippen molar-refractivity contribution in [1.82, 2.24) is 9.21 Å². The van der Waals surface area contributed by atoms with Crippen molar-refractivity contribution < 1.29 is 17.9 Å². The van der Waals surface area contributed by atoms with E-state index in [9.17, 15) is 13.2 Å². The second-order valence-corrected chi connectivity index (χ2v) is 11.1. The summed E-state index contributed by atoms with van der Waals surface area (Å²) in [5.74, 6) is 1.61. The van der Waals surface area contributed by atoms with Gasteiger partial charge in [0.2, 0.25) is 15.9 Å². The highest BCUT2D eigenvalue weighted by Gasteiger charge is 2.31. The Hall–Kier alpha value is -2.03. The molecule has 1 heterocycles. The van der Waals surface area contributed by atoms with Gasteiger partial charge in [-0.25, -0.2) is 8.42 Å². The lowest BCUT2D eigenvalue weighted by Crippen LogP contribution is -2.52. The van der Waals surface area contributed by atoms with Crippen molar-refractivity contribution in [3.8, 4) is 5.75 Å². The van der Waals surface area contributed by atoms with Gasteiger partial charge in [0.05, 0.1) is 16.8 Å². The van der Waals surface area contributed by atoms with Crippen LogP contribution in [-0.4, -0.2) is 67.3 Å². The molecular formula is C23H30N2O4S2. The van der Waals surface area contributed by atoms with Crippen molar-refractivity contribution in [3.05, 3.63) is 59.7 Å². The van der Waals surface area contributed by atoms with E-state index in [-0.39, 0.29) is 11.2 Å². The van der Waals surface area contributed by atoms with Gasteiger partial charge in [0.15, 0.2) is 0 Å². The topological polar surface area (TPSA) is 66.9 Å². The predicted molar refractivity (Wildman–Crippen MR) is 125 cm³/mol. The van der Waals surface area contributed by atoms with Crippen molar-refractivity contribution in [2.45, 2.75) is 30.9 Å². The van der Waals surface area contributed by atoms with Gasteiger partial charge in [0.1, 0.15) is 5.75 Å². The minimum atomic E-state index is -3.51. The molecular weight excluding hydrogens is 432 g/mol. The van der Waals surface area contributed by atoms with Gasteiger partial charge < -0.3 is 9.64 Å². The molecule has 1 saturated heterocycles. The van der Waals surface area contributed by atoms with E-state index >= 15 is 0 Å². The van der Waals surface area contributed by atoms with Crippen LogP contribution in [0.1, 0.15) is 18.1 Å². The van der Waals surface area contributed by atoms with Crippen LogP contribution in [0.5, 0.6) is 5.75 Å². The average Bonchev–Trinajstić information content (AvgIpc) is 2.76. The van der Waals surface area contributed by atoms with Gasteiger partial charge in [-0.3, -0.25) is 4.79 Å². The van der Waals surface area contributed by atoms with Crippen LogP contribution in [0.3, 0.4) is 0 Å². The minimum absolute atomic E-state index is 0.0492. The summed E-state index contributed by atoms with van der Waals surface area (Å²) in [6.45, 7) is 7.97. The molecule has 0 radical (unpaired) electrons. The molecule has 0 aliphatic carbocycles. The summed E-state index contributed by atoms with van der Waals surface area (Å²) in [6, 6.07) is 14.6. The quantitative estimate of drug-likeness (QED) is 0.563. The Labute approximate surface area is 189 Å². The number of hydrogen-bond donors (Lipinski definition) is 0. The summed E-state index contributed by atoms with van der Waals surface area (Å²) < 4.78 is 32.7. The van der Waals surface area contributed by atoms with Gasteiger partial charge in [0, 0.05) is 31.9 Å². The van der Waals surface area contributed by atoms with Crippen LogP contribution in [0.25, 0.3) is 0 Å². The lowest BCUT2D eigenvalue weighted by Gasteiger charge is -2.35. The van der Waals surface area contributed by atoms with Crippen LogP contribution in [-0.2, 0) is 14.8 Å². The number of carbonyl (C=O) groups excluding carboxylic acids is 1. The Balaban J connectivity index is 1.43. The maximum atomic E-state index is 12.8. The first kappa shape index (κ1) is 23.6. The Kier molecular flexibility index (Phi) is 8.02. The third-order valence-corrected chi connectivity index (χ3v) is 8.21. The summed E-state index contributed by atoms with van der Waals surface area (Å²) in [5, 5.41) is -0.194. The molecule has 1 fully saturated rings. The van der Waals surface area contributed by atoms with Crippen molar-refractivity contribution in [1.29, 1.82) is 0 Å². The zero-order valence-electron chi connectivity index (χ0n) is 18.3. The van der Waals surface area contributed by atoms with Gasteiger partial charge in [-0.05, 0) is 56.2 Å². The largest absolute Gasteiger partial charge is 0.493 e. The maximum absolute atomic E-state index is 12.8. The number of thioether (sulfide) groups is 1. The number of rotatable bonds is 8. The van der Waals surface area contributed by atoms with E-state index < -0.39 is 10.0 Å². The summed E-state index contributed by atoms with van der Waals surface area (Å²) in [7, 11) is -3.51. The van der Waals surface area contributed by atoms with Crippen LogP contribution in [0, 0.1) is 13.8 Å². The highest BCUT2D eigenvalue weighted by molar-refractivity contribution is 8.00. The minimum Gasteiger partial charge on any atom is -0.493 e. The van der Waals surface area contributed by atoms with Gasteiger partial charge in [-0.2, -0.15) is 4.31 Å². The molecule has 0 bridgehead atoms. The van der Waals surface area contributed by atoms with Crippen LogP contribution in [0.2, 0.25) is 0 Å². The number of piperazine rings is 1. The summed E-state index contributed by atoms with van der Waals surface area (Å²) in [4.78, 5) is 14.8. The molecule has 0 spiro atoms. The van der Waals surface area contributed by atoms with Gasteiger partial charge >= 0.3 is 0 Å². The first-order valence-corrected chi connectivity index (χ1v) is 12.9. The number of benzene rings is 2. The molecule has 1 amide bonds. The van der Waals surface area contributed by atoms with E-state index in [1.54, 1.807) is 47.0 Å². The van der Waals surface area contributed by atoms with Gasteiger partial charge in [-0.15, -0.1) is 11.8 Å². The summed E-state index contributed by atoms with van der Waals surface area (Å²) >= 11 is 1.56. The van der Waals surface area contributed by atoms with E-state index in [1.165, 1.54) is 15.4 Å². The van der Waals surface area contributed by atoms with Crippen molar-refractivity contribution >= 4 is 27.7 Å². The second kappa shape index (κ2) is 10.5. The average molecular weight is 463 g/mol. The summed E-state index contributed by atoms with van der Waals surface area (Å²) in [5.41, 5.74) is 2.33. The molecule has 0 unspecified atom stereocenters. The number of nitrogens with zero attached hydrogens (tertiary/aromatic N) is 2. The molecule has 31 heavy (non-hydrogen) atoms. The predicted octanol–water partition coefficient (Wildman–Crippen LogP) is 3.34. The Bertz CT molecular complexity index is 968. The Morgan fingerprint density at radius 1 is 1.03 bits per heavy atom. The van der Waals surface area contributed by atoms with Crippen molar-refractivity contribution in [3.63, 3.8) is 0 Å². The molecule has 1 atom stereocenters. The maximum Gasteiger partial charge on any atom is 0.243 e. The Morgan fingerprint density at radius 3 is 2.26 bits per heavy atom. The zero-order valence-corrected chi connectivity index (χ0v) is 19.9. The van der Waals surface area contributed by atoms with E-state index in [0.29, 0.717) is 43.4 Å². The molecule has 1 aliphatic heterocycles. The molecule has 0 N–H and O–H groups in total. The monoisotopic (exact) mass is 462 g/mol. The molecule has 3 rings (SSSR count). The van der Waals surface area contributed by atoms with Crippen LogP contribution >= 0.6 is 11.8 Å². The van der Waals surface area contributed by atoms with Gasteiger partial charge in [0.25, 0.3) is 0 Å². The summed E-state index contributed by atoms with van der Waals surface area (Å²) in [6.07, 6.45) is 0. The zero-order chi connectivity index (χ0) is 22.4. The fourth-order valence-corrected chi connectivity index (χ4v) is 5.89. The standard InChI is InChI=1S/C23H30N2O4S2/c1-18-15-19(2)17-21(16-18)29-13-14-30-20(3)23(26)24-9-11-25(12-10-24)31(27,28)22-7-5-4-6-8-22/h4-8,15-17,20H,9-14H2,1-3H3/t20-/m0/s1. The highest BCUT2D eigenvalue weighted by atomic mass is 32.2. The van der Waals surface area contributed by atoms with Gasteiger partial charge in [-0.1, -0.05) is 24.3 Å². The number of ether oxygens (including phenoxy) is 1. The fraction of sp³-hybridized carbons (Fsp3) is 0.435. The number of carbonyl (C=O) groups is 1. The van der Waals surface area contributed by atoms with Crippen molar-refractivity contribution in [2.24, 2.45) is 0 Å². The molecule has 168 valence electrons. The second-order valence-electron chi connectivity index (χ2n) is 7.73. The van der Waals surface area contributed by atoms with E-state index in [4.69, 9.17) is 4.74 Å². The number of aryl methyl sites for hydroxylation is 2. The van der Waals surface area contributed by atoms with Crippen LogP contribution in [0.4, 0.5) is 0 Å². The smallest absolute Gasteiger partial charge is 0.243 e. The third kappa shape index (κ3) is 6.24. The highest BCUT2D eigenvalue weighted by Crippen LogP contribution is 2.20. The molecule has 1 aliphatic rings. The number of amides is 1. The molecule has 0 aromatic heterocycles. The number of sulfonamides is 1. The fourth-order valence-electron chi connectivity index (χ4n) is 3.62. The third-order valence-electron chi connectivity index (χ3n) is 5.19. The van der Waals surface area contributed by atoms with E-state index in [2.05, 4.69) is 6.07 Å². The molecule has 2 aromatic rings. The lowest BCUT2D eigenvalue weighted by atomic mass is 10.1. The lowest BCUT2D eigenvalue weighted by molar-refractivity contribution is -0.131. The molecule has 2 aromatic carbocycles. The first-order chi connectivity index (χ1) is 14.8. The SMILES string of the molecule is Cc1cc(C)cc(OCCS[C@@H](C)C(=O)N2CCN(S(=O)(=O)c3ccccc3)CC2)c1. The molecule has 6 nitrogen and oxygen atoms in total. The molecule has 8 heteroatoms. The number of hydrogen-bond acceptors (Lipinski definition) is 5. The first-order valence-electron chi connectivity index (χ1n) is 10.4. The Morgan fingerprint density at radius 2 is 1.65 bits per heavy atom. The van der Waals surface area contributed by atoms with E-state index in [1.807, 2.05) is 32.9 Å². The normalized spacial score (nSPS) is 16.2. The van der Waals surface area contributed by atoms with Crippen molar-refractivity contribution in [2.75, 3.05) is 38.5 Å². The van der Waals surface area contributed by atoms with Crippen LogP contribution in [0.15, 0.2) is 53.4 Å². The van der Waals surface area contributed by atoms with E-state index in [0.717, 1.165) is 5.75 Å². The van der Waals surface area contributed by atoms with Crippen LogP contribution < -0.4 is 4.74 Å².